The predicted octanol–water partition coefficient (Wildman–Crippen LogP) is 3.51. The number of piperidine rings is 1. The summed E-state index contributed by atoms with van der Waals surface area (Å²) in [6, 6.07) is -0.309. The van der Waals surface area contributed by atoms with E-state index in [9.17, 15) is 18.0 Å². The van der Waals surface area contributed by atoms with Gasteiger partial charge >= 0.3 is 0 Å². The lowest BCUT2D eigenvalue weighted by Crippen LogP contribution is -2.58. The molecular formula is C31H52F3N7O. The molecule has 1 amide bonds. The van der Waals surface area contributed by atoms with Crippen molar-refractivity contribution in [3.8, 4) is 0 Å². The number of carbonyl (C=O) groups excluding carboxylic acids is 1. The van der Waals surface area contributed by atoms with Gasteiger partial charge in [0.1, 0.15) is 5.83 Å². The Balaban J connectivity index is 1.22. The van der Waals surface area contributed by atoms with Crippen LogP contribution in [0.25, 0.3) is 0 Å². The van der Waals surface area contributed by atoms with Gasteiger partial charge in [0, 0.05) is 50.9 Å². The molecule has 7 N–H and O–H groups in total. The summed E-state index contributed by atoms with van der Waals surface area (Å²) in [6.07, 6.45) is 13.8. The van der Waals surface area contributed by atoms with Crippen molar-refractivity contribution in [1.82, 2.24) is 25.8 Å². The molecule has 2 saturated heterocycles. The molecule has 4 heterocycles. The maximum absolute atomic E-state index is 14.7. The van der Waals surface area contributed by atoms with Crippen molar-refractivity contribution in [1.29, 1.82) is 0 Å². The molecule has 0 aromatic carbocycles. The van der Waals surface area contributed by atoms with Gasteiger partial charge in [0.2, 0.25) is 5.91 Å². The largest absolute Gasteiger partial charge is 0.389 e. The van der Waals surface area contributed by atoms with E-state index in [4.69, 9.17) is 11.5 Å². The summed E-state index contributed by atoms with van der Waals surface area (Å²) in [5.41, 5.74) is 13.4. The minimum Gasteiger partial charge on any atom is -0.389 e. The van der Waals surface area contributed by atoms with Gasteiger partial charge in [0.25, 0.3) is 5.92 Å². The average molecular weight is 596 g/mol. The van der Waals surface area contributed by atoms with Crippen molar-refractivity contribution < 1.29 is 18.0 Å². The number of allylic oxidation sites excluding steroid dienone is 1. The van der Waals surface area contributed by atoms with E-state index >= 15 is 0 Å². The molecule has 1 aliphatic carbocycles. The Labute approximate surface area is 249 Å². The maximum atomic E-state index is 14.7. The maximum Gasteiger partial charge on any atom is 0.261 e. The van der Waals surface area contributed by atoms with Gasteiger partial charge in [-0.15, -0.1) is 0 Å². The van der Waals surface area contributed by atoms with Crippen LogP contribution in [0.15, 0.2) is 23.9 Å². The van der Waals surface area contributed by atoms with E-state index < -0.39 is 18.0 Å². The fourth-order valence-electron chi connectivity index (χ4n) is 8.22. The number of rotatable bonds is 7. The number of nitrogens with one attached hydrogen (secondary N) is 3. The first-order valence-corrected chi connectivity index (χ1v) is 16.3. The molecule has 0 aromatic heterocycles. The third kappa shape index (κ3) is 8.01. The lowest BCUT2D eigenvalue weighted by molar-refractivity contribution is -0.126. The molecule has 11 heteroatoms. The summed E-state index contributed by atoms with van der Waals surface area (Å²) >= 11 is 0. The first kappa shape index (κ1) is 31.6. The first-order valence-electron chi connectivity index (χ1n) is 16.3. The standard InChI is InChI=1S/C31H52F3N7O/c32-23-5-11-30(9-3-1-2-4-10-30)17-24(38-18-23)27(28(35)36)29(42)39-25-19-37-13-6-26(25)41-14-7-22(8-15-41)20-40-16-12-31(33,34)21-40/h18-19,22,24,26-28,37-38H,1-17,20-21,35-36H2,(H,39,42). The highest BCUT2D eigenvalue weighted by atomic mass is 19.3. The molecule has 1 saturated carbocycles. The highest BCUT2D eigenvalue weighted by molar-refractivity contribution is 5.82. The van der Waals surface area contributed by atoms with E-state index in [2.05, 4.69) is 20.9 Å². The summed E-state index contributed by atoms with van der Waals surface area (Å²) in [5, 5.41) is 9.69. The quantitative estimate of drug-likeness (QED) is 0.287. The Bertz CT molecular complexity index is 974. The summed E-state index contributed by atoms with van der Waals surface area (Å²) in [7, 11) is 0. The molecule has 8 nitrogen and oxygen atoms in total. The van der Waals surface area contributed by atoms with Gasteiger partial charge in [-0.1, -0.05) is 25.7 Å². The van der Waals surface area contributed by atoms with Crippen LogP contribution in [0.1, 0.15) is 83.5 Å². The van der Waals surface area contributed by atoms with Crippen molar-refractivity contribution in [2.45, 2.75) is 108 Å². The van der Waals surface area contributed by atoms with Crippen LogP contribution in [0.2, 0.25) is 0 Å². The Kier molecular flexibility index (Phi) is 10.4. The third-order valence-electron chi connectivity index (χ3n) is 10.6. The van der Waals surface area contributed by atoms with E-state index in [1.807, 2.05) is 11.1 Å². The smallest absolute Gasteiger partial charge is 0.261 e. The molecule has 4 aliphatic heterocycles. The molecule has 5 aliphatic rings. The number of halogens is 3. The van der Waals surface area contributed by atoms with Gasteiger partial charge in [-0.2, -0.15) is 0 Å². The number of hydrogen-bond donors (Lipinski definition) is 5. The van der Waals surface area contributed by atoms with Crippen molar-refractivity contribution >= 4 is 5.91 Å². The van der Waals surface area contributed by atoms with Crippen molar-refractivity contribution in [3.05, 3.63) is 23.9 Å². The highest BCUT2D eigenvalue weighted by Gasteiger charge is 2.42. The predicted molar refractivity (Wildman–Crippen MR) is 159 cm³/mol. The Hall–Kier alpha value is -1.82. The fraction of sp³-hybridized carbons (Fsp3) is 0.839. The number of likely N-dealkylation sites (tertiary alicyclic amines) is 2. The topological polar surface area (TPSA) is 112 Å². The molecular weight excluding hydrogens is 543 g/mol. The number of nitrogens with zero attached hydrogens (tertiary/aromatic N) is 2. The second kappa shape index (κ2) is 13.9. The Morgan fingerprint density at radius 2 is 1.76 bits per heavy atom. The van der Waals surface area contributed by atoms with Crippen LogP contribution < -0.4 is 27.4 Å². The van der Waals surface area contributed by atoms with Gasteiger partial charge in [-0.05, 0) is 69.4 Å². The Morgan fingerprint density at radius 1 is 1.02 bits per heavy atom. The van der Waals surface area contributed by atoms with E-state index in [0.29, 0.717) is 18.9 Å². The molecule has 3 unspecified atom stereocenters. The van der Waals surface area contributed by atoms with Gasteiger partial charge in [-0.25, -0.2) is 13.2 Å². The molecule has 0 bridgehead atoms. The van der Waals surface area contributed by atoms with E-state index in [-0.39, 0.29) is 42.2 Å². The van der Waals surface area contributed by atoms with Crippen LogP contribution in [0.4, 0.5) is 13.2 Å². The minimum atomic E-state index is -2.55. The fourth-order valence-corrected chi connectivity index (χ4v) is 8.22. The highest BCUT2D eigenvalue weighted by Crippen LogP contribution is 2.45. The van der Waals surface area contributed by atoms with E-state index in [0.717, 1.165) is 89.7 Å². The number of carbonyl (C=O) groups is 1. The average Bonchev–Trinajstić information content (AvgIpc) is 3.13. The van der Waals surface area contributed by atoms with Gasteiger partial charge in [-0.3, -0.25) is 14.6 Å². The van der Waals surface area contributed by atoms with Crippen molar-refractivity contribution in [2.75, 3.05) is 39.3 Å². The van der Waals surface area contributed by atoms with Gasteiger partial charge in [0.15, 0.2) is 0 Å². The van der Waals surface area contributed by atoms with Crippen molar-refractivity contribution in [2.24, 2.45) is 28.7 Å². The Morgan fingerprint density at radius 3 is 2.43 bits per heavy atom. The molecule has 238 valence electrons. The third-order valence-corrected chi connectivity index (χ3v) is 10.6. The zero-order valence-electron chi connectivity index (χ0n) is 25.1. The van der Waals surface area contributed by atoms with Crippen LogP contribution in [-0.2, 0) is 4.79 Å². The molecule has 0 radical (unpaired) electrons. The molecule has 3 atom stereocenters. The summed E-state index contributed by atoms with van der Waals surface area (Å²) in [4.78, 5) is 18.2. The molecule has 1 spiro atoms. The van der Waals surface area contributed by atoms with Gasteiger partial charge in [0.05, 0.1) is 30.4 Å². The van der Waals surface area contributed by atoms with Crippen LogP contribution in [0, 0.1) is 17.3 Å². The second-order valence-electron chi connectivity index (χ2n) is 13.8. The lowest BCUT2D eigenvalue weighted by Gasteiger charge is -2.42. The normalized spacial score (nSPS) is 30.3. The molecule has 5 rings (SSSR count). The summed E-state index contributed by atoms with van der Waals surface area (Å²) in [5.74, 6) is -3.28. The first-order chi connectivity index (χ1) is 20.1. The zero-order chi connectivity index (χ0) is 29.7. The minimum absolute atomic E-state index is 0.0172. The number of alkyl halides is 2. The summed E-state index contributed by atoms with van der Waals surface area (Å²) in [6.45, 7) is 3.63. The number of hydrogen-bond acceptors (Lipinski definition) is 7. The SMILES string of the molecule is NC(N)C(C(=O)NC1=CNCCC1N1CCC(CN2CCC(F)(F)C2)CC1)C1CC2(CCCCCC2)CCC(F)=CN1. The second-order valence-corrected chi connectivity index (χ2v) is 13.8. The van der Waals surface area contributed by atoms with E-state index in [1.165, 1.54) is 19.0 Å². The lowest BCUT2D eigenvalue weighted by atomic mass is 9.69. The van der Waals surface area contributed by atoms with Crippen LogP contribution in [0.5, 0.6) is 0 Å². The van der Waals surface area contributed by atoms with Crippen LogP contribution in [-0.4, -0.2) is 79.1 Å². The van der Waals surface area contributed by atoms with Gasteiger partial charge < -0.3 is 27.4 Å². The van der Waals surface area contributed by atoms with Crippen LogP contribution in [0.3, 0.4) is 0 Å². The molecule has 3 fully saturated rings. The number of nitrogens with two attached hydrogens (primary N) is 2. The number of amides is 1. The molecule has 42 heavy (non-hydrogen) atoms. The zero-order valence-corrected chi connectivity index (χ0v) is 25.1. The van der Waals surface area contributed by atoms with Crippen LogP contribution >= 0.6 is 0 Å². The molecule has 0 aromatic rings. The van der Waals surface area contributed by atoms with Crippen molar-refractivity contribution in [3.63, 3.8) is 0 Å². The monoisotopic (exact) mass is 595 g/mol. The van der Waals surface area contributed by atoms with E-state index in [1.54, 1.807) is 0 Å². The summed E-state index contributed by atoms with van der Waals surface area (Å²) < 4.78 is 42.0.